The minimum absolute atomic E-state index is 0.0763. The van der Waals surface area contributed by atoms with Crippen molar-refractivity contribution in [1.29, 1.82) is 0 Å². The Balaban J connectivity index is 2.11. The Morgan fingerprint density at radius 3 is 2.52 bits per heavy atom. The van der Waals surface area contributed by atoms with Gasteiger partial charge in [-0.1, -0.05) is 18.2 Å². The smallest absolute Gasteiger partial charge is 0.325 e. The quantitative estimate of drug-likeness (QED) is 0.621. The molecule has 1 aromatic carbocycles. The van der Waals surface area contributed by atoms with E-state index < -0.39 is 16.9 Å². The summed E-state index contributed by atoms with van der Waals surface area (Å²) in [6.07, 6.45) is 1.62. The van der Waals surface area contributed by atoms with Crippen molar-refractivity contribution < 1.29 is 14.8 Å². The molecule has 0 fully saturated rings. The topological polar surface area (TPSA) is 105 Å². The van der Waals surface area contributed by atoms with Crippen LogP contribution in [0.1, 0.15) is 17.3 Å². The number of hydrogen-bond donors (Lipinski definition) is 2. The standard InChI is InChI=1S/C14H13N3O4/c18-14(19)13(16-9-11-3-1-2-8-15-11)10-4-6-12(7-5-10)17(20)21/h1-8,13,16H,9H2,(H,18,19). The maximum atomic E-state index is 11.3. The third-order valence-electron chi connectivity index (χ3n) is 2.90. The average Bonchev–Trinajstić information content (AvgIpc) is 2.48. The minimum atomic E-state index is -1.06. The maximum Gasteiger partial charge on any atom is 0.325 e. The monoisotopic (exact) mass is 287 g/mol. The van der Waals surface area contributed by atoms with Crippen LogP contribution >= 0.6 is 0 Å². The number of carboxylic acids is 1. The Bertz CT molecular complexity index is 628. The molecule has 2 N–H and O–H groups in total. The second kappa shape index (κ2) is 6.58. The van der Waals surface area contributed by atoms with E-state index in [4.69, 9.17) is 0 Å². The highest BCUT2D eigenvalue weighted by atomic mass is 16.6. The molecule has 0 bridgehead atoms. The summed E-state index contributed by atoms with van der Waals surface area (Å²) in [6, 6.07) is 9.85. The Morgan fingerprint density at radius 2 is 2.00 bits per heavy atom. The predicted molar refractivity (Wildman–Crippen MR) is 74.5 cm³/mol. The Morgan fingerprint density at radius 1 is 1.29 bits per heavy atom. The fraction of sp³-hybridized carbons (Fsp3) is 0.143. The Hall–Kier alpha value is -2.80. The third-order valence-corrected chi connectivity index (χ3v) is 2.90. The van der Waals surface area contributed by atoms with Gasteiger partial charge in [-0.25, -0.2) is 0 Å². The largest absolute Gasteiger partial charge is 0.480 e. The normalized spacial score (nSPS) is 11.8. The van der Waals surface area contributed by atoms with Crippen molar-refractivity contribution in [2.24, 2.45) is 0 Å². The molecule has 0 saturated carbocycles. The first-order valence-corrected chi connectivity index (χ1v) is 6.18. The second-order valence-corrected chi connectivity index (χ2v) is 4.32. The van der Waals surface area contributed by atoms with Gasteiger partial charge in [-0.2, -0.15) is 0 Å². The molecule has 21 heavy (non-hydrogen) atoms. The van der Waals surface area contributed by atoms with Gasteiger partial charge in [0.25, 0.3) is 5.69 Å². The van der Waals surface area contributed by atoms with E-state index in [0.717, 1.165) is 0 Å². The number of nitro benzene ring substituents is 1. The second-order valence-electron chi connectivity index (χ2n) is 4.32. The lowest BCUT2D eigenvalue weighted by Crippen LogP contribution is -2.28. The summed E-state index contributed by atoms with van der Waals surface area (Å²) in [5, 5.41) is 22.7. The van der Waals surface area contributed by atoms with Gasteiger partial charge in [-0.05, 0) is 17.7 Å². The first-order chi connectivity index (χ1) is 10.1. The molecule has 1 heterocycles. The van der Waals surface area contributed by atoms with E-state index in [1.54, 1.807) is 18.3 Å². The van der Waals surface area contributed by atoms with E-state index in [0.29, 0.717) is 11.3 Å². The van der Waals surface area contributed by atoms with Crippen LogP contribution in [0, 0.1) is 10.1 Å². The summed E-state index contributed by atoms with van der Waals surface area (Å²) >= 11 is 0. The fourth-order valence-corrected chi connectivity index (χ4v) is 1.85. The molecule has 108 valence electrons. The van der Waals surface area contributed by atoms with Crippen molar-refractivity contribution in [2.45, 2.75) is 12.6 Å². The van der Waals surface area contributed by atoms with E-state index >= 15 is 0 Å². The summed E-state index contributed by atoms with van der Waals surface area (Å²) < 4.78 is 0. The van der Waals surface area contributed by atoms with Gasteiger partial charge in [0.1, 0.15) is 6.04 Å². The molecule has 1 unspecified atom stereocenters. The van der Waals surface area contributed by atoms with Gasteiger partial charge in [0.05, 0.1) is 10.6 Å². The van der Waals surface area contributed by atoms with Crippen molar-refractivity contribution in [2.75, 3.05) is 0 Å². The molecule has 0 spiro atoms. The molecule has 1 aromatic heterocycles. The first kappa shape index (κ1) is 14.6. The van der Waals surface area contributed by atoms with Gasteiger partial charge in [0.2, 0.25) is 0 Å². The highest BCUT2D eigenvalue weighted by molar-refractivity contribution is 5.75. The van der Waals surface area contributed by atoms with Gasteiger partial charge < -0.3 is 5.11 Å². The molecule has 0 aliphatic carbocycles. The van der Waals surface area contributed by atoms with E-state index in [-0.39, 0.29) is 12.2 Å². The number of aliphatic carboxylic acids is 1. The molecule has 2 rings (SSSR count). The number of hydrogen-bond acceptors (Lipinski definition) is 5. The molecule has 7 heteroatoms. The van der Waals surface area contributed by atoms with E-state index in [2.05, 4.69) is 10.3 Å². The van der Waals surface area contributed by atoms with Crippen LogP contribution in [-0.4, -0.2) is 21.0 Å². The van der Waals surface area contributed by atoms with Crippen molar-refractivity contribution in [3.8, 4) is 0 Å². The molecule has 0 aliphatic heterocycles. The molecule has 0 radical (unpaired) electrons. The van der Waals surface area contributed by atoms with Crippen LogP contribution in [-0.2, 0) is 11.3 Å². The number of carboxylic acid groups (broad SMARTS) is 1. The molecule has 1 atom stereocenters. The van der Waals surface area contributed by atoms with E-state index in [1.807, 2.05) is 6.07 Å². The van der Waals surface area contributed by atoms with Gasteiger partial charge >= 0.3 is 5.97 Å². The van der Waals surface area contributed by atoms with Crippen LogP contribution in [0.4, 0.5) is 5.69 Å². The molecular weight excluding hydrogens is 274 g/mol. The highest BCUT2D eigenvalue weighted by Crippen LogP contribution is 2.18. The number of nitrogens with one attached hydrogen (secondary N) is 1. The number of benzene rings is 1. The molecule has 0 aliphatic rings. The van der Waals surface area contributed by atoms with Crippen molar-refractivity contribution in [3.63, 3.8) is 0 Å². The zero-order chi connectivity index (χ0) is 15.2. The van der Waals surface area contributed by atoms with Crippen LogP contribution in [0.15, 0.2) is 48.7 Å². The lowest BCUT2D eigenvalue weighted by molar-refractivity contribution is -0.384. The van der Waals surface area contributed by atoms with Crippen LogP contribution < -0.4 is 5.32 Å². The number of pyridine rings is 1. The number of aromatic nitrogens is 1. The van der Waals surface area contributed by atoms with Crippen LogP contribution in [0.5, 0.6) is 0 Å². The Labute approximate surface area is 120 Å². The molecule has 2 aromatic rings. The number of non-ortho nitro benzene ring substituents is 1. The van der Waals surface area contributed by atoms with Crippen molar-refractivity contribution >= 4 is 11.7 Å². The van der Waals surface area contributed by atoms with E-state index in [1.165, 1.54) is 24.3 Å². The van der Waals surface area contributed by atoms with Crippen molar-refractivity contribution in [3.05, 3.63) is 70.0 Å². The molecule has 0 amide bonds. The zero-order valence-electron chi connectivity index (χ0n) is 11.0. The predicted octanol–water partition coefficient (Wildman–Crippen LogP) is 1.91. The lowest BCUT2D eigenvalue weighted by atomic mass is 10.1. The van der Waals surface area contributed by atoms with Gasteiger partial charge in [-0.15, -0.1) is 0 Å². The Kier molecular flexibility index (Phi) is 4.57. The SMILES string of the molecule is O=C(O)C(NCc1ccccn1)c1ccc([N+](=O)[O-])cc1. The first-order valence-electron chi connectivity index (χ1n) is 6.18. The minimum Gasteiger partial charge on any atom is -0.480 e. The van der Waals surface area contributed by atoms with Gasteiger partial charge in [0, 0.05) is 24.9 Å². The average molecular weight is 287 g/mol. The summed E-state index contributed by atoms with van der Waals surface area (Å²) in [6.45, 7) is 0.287. The summed E-state index contributed by atoms with van der Waals surface area (Å²) in [4.78, 5) is 25.5. The van der Waals surface area contributed by atoms with E-state index in [9.17, 15) is 20.0 Å². The molecular formula is C14H13N3O4. The lowest BCUT2D eigenvalue weighted by Gasteiger charge is -2.14. The maximum absolute atomic E-state index is 11.3. The summed E-state index contributed by atoms with van der Waals surface area (Å²) in [7, 11) is 0. The summed E-state index contributed by atoms with van der Waals surface area (Å²) in [5.41, 5.74) is 1.09. The van der Waals surface area contributed by atoms with Gasteiger partial charge in [-0.3, -0.25) is 25.2 Å². The summed E-state index contributed by atoms with van der Waals surface area (Å²) in [5.74, 6) is -1.06. The highest BCUT2D eigenvalue weighted by Gasteiger charge is 2.20. The number of nitro groups is 1. The zero-order valence-corrected chi connectivity index (χ0v) is 11.0. The van der Waals surface area contributed by atoms with Crippen molar-refractivity contribution in [1.82, 2.24) is 10.3 Å². The number of carbonyl (C=O) groups is 1. The van der Waals surface area contributed by atoms with Crippen LogP contribution in [0.25, 0.3) is 0 Å². The number of rotatable bonds is 6. The molecule has 0 saturated heterocycles. The third kappa shape index (κ3) is 3.83. The number of nitrogens with zero attached hydrogens (tertiary/aromatic N) is 2. The van der Waals surface area contributed by atoms with Crippen LogP contribution in [0.3, 0.4) is 0 Å². The van der Waals surface area contributed by atoms with Crippen LogP contribution in [0.2, 0.25) is 0 Å². The molecule has 7 nitrogen and oxygen atoms in total. The van der Waals surface area contributed by atoms with Gasteiger partial charge in [0.15, 0.2) is 0 Å². The fourth-order valence-electron chi connectivity index (χ4n) is 1.85.